The molecular weight excluding hydrogens is 246 g/mol. The molecule has 0 radical (unpaired) electrons. The quantitative estimate of drug-likeness (QED) is 0.788. The summed E-state index contributed by atoms with van der Waals surface area (Å²) in [6, 6.07) is 6.96. The third kappa shape index (κ3) is 5.52. The first kappa shape index (κ1) is 15.2. The zero-order chi connectivity index (χ0) is 14.3. The molecule has 0 aliphatic heterocycles. The normalized spacial score (nSPS) is 11.9. The number of rotatable bonds is 7. The molecule has 0 saturated carbocycles. The van der Waals surface area contributed by atoms with Gasteiger partial charge in [0.1, 0.15) is 0 Å². The zero-order valence-corrected chi connectivity index (χ0v) is 11.2. The lowest BCUT2D eigenvalue weighted by molar-refractivity contribution is -0.137. The molecule has 1 atom stereocenters. The Balaban J connectivity index is 2.50. The molecule has 0 aliphatic carbocycles. The van der Waals surface area contributed by atoms with Crippen molar-refractivity contribution < 1.29 is 19.4 Å². The fraction of sp³-hybridized carbons (Fsp3) is 0.429. The van der Waals surface area contributed by atoms with Crippen molar-refractivity contribution in [2.75, 3.05) is 7.11 Å². The van der Waals surface area contributed by atoms with Gasteiger partial charge in [0.15, 0.2) is 0 Å². The summed E-state index contributed by atoms with van der Waals surface area (Å²) in [6.45, 7) is 2.30. The summed E-state index contributed by atoms with van der Waals surface area (Å²) in [4.78, 5) is 22.3. The number of amides is 1. The average Bonchev–Trinajstić information content (AvgIpc) is 2.37. The summed E-state index contributed by atoms with van der Waals surface area (Å²) >= 11 is 0. The topological polar surface area (TPSA) is 75.6 Å². The van der Waals surface area contributed by atoms with Gasteiger partial charge in [0.05, 0.1) is 6.61 Å². The minimum absolute atomic E-state index is 0.0498. The van der Waals surface area contributed by atoms with Crippen LogP contribution in [0.5, 0.6) is 0 Å². The summed E-state index contributed by atoms with van der Waals surface area (Å²) < 4.78 is 4.99. The molecular formula is C14H19NO4. The molecule has 104 valence electrons. The molecule has 0 aromatic heterocycles. The molecule has 0 fully saturated rings. The van der Waals surface area contributed by atoms with Crippen molar-refractivity contribution in [1.29, 1.82) is 0 Å². The van der Waals surface area contributed by atoms with E-state index in [1.54, 1.807) is 26.2 Å². The lowest BCUT2D eigenvalue weighted by atomic mass is 10.1. The van der Waals surface area contributed by atoms with Gasteiger partial charge in [-0.2, -0.15) is 0 Å². The van der Waals surface area contributed by atoms with Gasteiger partial charge in [-0.25, -0.2) is 0 Å². The van der Waals surface area contributed by atoms with Gasteiger partial charge in [-0.1, -0.05) is 12.1 Å². The van der Waals surface area contributed by atoms with E-state index in [1.807, 2.05) is 12.1 Å². The first-order chi connectivity index (χ1) is 9.02. The van der Waals surface area contributed by atoms with E-state index in [1.165, 1.54) is 0 Å². The van der Waals surface area contributed by atoms with Crippen LogP contribution in [0.15, 0.2) is 24.3 Å². The van der Waals surface area contributed by atoms with Crippen LogP contribution in [0.1, 0.15) is 35.7 Å². The second-order valence-corrected chi connectivity index (χ2v) is 4.44. The predicted octanol–water partition coefficient (Wildman–Crippen LogP) is 1.82. The molecule has 1 rings (SSSR count). The number of ether oxygens (including phenoxy) is 1. The van der Waals surface area contributed by atoms with Crippen molar-refractivity contribution in [3.8, 4) is 0 Å². The van der Waals surface area contributed by atoms with Gasteiger partial charge in [-0.3, -0.25) is 9.59 Å². The van der Waals surface area contributed by atoms with Crippen molar-refractivity contribution in [1.82, 2.24) is 5.32 Å². The van der Waals surface area contributed by atoms with Gasteiger partial charge in [0.2, 0.25) is 0 Å². The van der Waals surface area contributed by atoms with E-state index in [-0.39, 0.29) is 18.4 Å². The van der Waals surface area contributed by atoms with E-state index in [0.717, 1.165) is 5.56 Å². The van der Waals surface area contributed by atoms with E-state index in [4.69, 9.17) is 9.84 Å². The lowest BCUT2D eigenvalue weighted by Crippen LogP contribution is -2.32. The fourth-order valence-electron chi connectivity index (χ4n) is 1.64. The Labute approximate surface area is 112 Å². The van der Waals surface area contributed by atoms with Crippen molar-refractivity contribution in [3.05, 3.63) is 35.4 Å². The summed E-state index contributed by atoms with van der Waals surface area (Å²) in [6.07, 6.45) is 0.469. The van der Waals surface area contributed by atoms with Crippen LogP contribution in [-0.4, -0.2) is 30.1 Å². The maximum atomic E-state index is 11.9. The fourth-order valence-corrected chi connectivity index (χ4v) is 1.64. The first-order valence-corrected chi connectivity index (χ1v) is 6.13. The average molecular weight is 265 g/mol. The van der Waals surface area contributed by atoms with Gasteiger partial charge >= 0.3 is 5.97 Å². The molecule has 1 aromatic carbocycles. The van der Waals surface area contributed by atoms with Crippen molar-refractivity contribution in [2.45, 2.75) is 32.4 Å². The van der Waals surface area contributed by atoms with Crippen molar-refractivity contribution >= 4 is 11.9 Å². The highest BCUT2D eigenvalue weighted by Crippen LogP contribution is 2.06. The standard InChI is InChI=1S/C14H19NO4/c1-10(3-8-13(16)17)15-14(18)12-6-4-11(5-7-12)9-19-2/h4-7,10H,3,8-9H2,1-2H3,(H,15,18)(H,16,17). The van der Waals surface area contributed by atoms with E-state index >= 15 is 0 Å². The molecule has 0 aliphatic rings. The monoisotopic (exact) mass is 265 g/mol. The predicted molar refractivity (Wildman–Crippen MR) is 71.0 cm³/mol. The number of carboxylic acid groups (broad SMARTS) is 1. The smallest absolute Gasteiger partial charge is 0.303 e. The Bertz CT molecular complexity index is 428. The highest BCUT2D eigenvalue weighted by molar-refractivity contribution is 5.94. The number of hydrogen-bond donors (Lipinski definition) is 2. The minimum atomic E-state index is -0.856. The molecule has 0 spiro atoms. The molecule has 2 N–H and O–H groups in total. The Morgan fingerprint density at radius 3 is 2.47 bits per heavy atom. The highest BCUT2D eigenvalue weighted by atomic mass is 16.5. The van der Waals surface area contributed by atoms with Crippen molar-refractivity contribution in [2.24, 2.45) is 0 Å². The van der Waals surface area contributed by atoms with Gasteiger partial charge in [0.25, 0.3) is 5.91 Å². The van der Waals surface area contributed by atoms with Gasteiger partial charge in [0, 0.05) is 25.1 Å². The van der Waals surface area contributed by atoms with Crippen LogP contribution in [0, 0.1) is 0 Å². The van der Waals surface area contributed by atoms with Gasteiger partial charge in [-0.05, 0) is 31.0 Å². The zero-order valence-electron chi connectivity index (χ0n) is 11.2. The summed E-state index contributed by atoms with van der Waals surface area (Å²) in [7, 11) is 1.62. The van der Waals surface area contributed by atoms with Crippen LogP contribution >= 0.6 is 0 Å². The maximum absolute atomic E-state index is 11.9. The summed E-state index contributed by atoms with van der Waals surface area (Å²) in [5, 5.41) is 11.3. The van der Waals surface area contributed by atoms with Crippen LogP contribution in [-0.2, 0) is 16.1 Å². The molecule has 19 heavy (non-hydrogen) atoms. The van der Waals surface area contributed by atoms with Crippen LogP contribution in [0.4, 0.5) is 0 Å². The van der Waals surface area contributed by atoms with Crippen LogP contribution in [0.25, 0.3) is 0 Å². The van der Waals surface area contributed by atoms with E-state index in [0.29, 0.717) is 18.6 Å². The molecule has 0 heterocycles. The second-order valence-electron chi connectivity index (χ2n) is 4.44. The maximum Gasteiger partial charge on any atom is 0.303 e. The number of carbonyl (C=O) groups is 2. The van der Waals surface area contributed by atoms with Crippen molar-refractivity contribution in [3.63, 3.8) is 0 Å². The summed E-state index contributed by atoms with van der Waals surface area (Å²) in [5.41, 5.74) is 1.56. The number of benzene rings is 1. The molecule has 5 heteroatoms. The molecule has 0 saturated heterocycles. The van der Waals surface area contributed by atoms with E-state index in [2.05, 4.69) is 5.32 Å². The number of aliphatic carboxylic acids is 1. The highest BCUT2D eigenvalue weighted by Gasteiger charge is 2.10. The Morgan fingerprint density at radius 1 is 1.32 bits per heavy atom. The van der Waals surface area contributed by atoms with Gasteiger partial charge in [-0.15, -0.1) is 0 Å². The molecule has 5 nitrogen and oxygen atoms in total. The van der Waals surface area contributed by atoms with Gasteiger partial charge < -0.3 is 15.2 Å². The lowest BCUT2D eigenvalue weighted by Gasteiger charge is -2.12. The van der Waals surface area contributed by atoms with E-state index < -0.39 is 5.97 Å². The molecule has 1 amide bonds. The third-order valence-electron chi connectivity index (χ3n) is 2.70. The van der Waals surface area contributed by atoms with Crippen LogP contribution < -0.4 is 5.32 Å². The molecule has 0 bridgehead atoms. The number of carboxylic acids is 1. The third-order valence-corrected chi connectivity index (χ3v) is 2.70. The first-order valence-electron chi connectivity index (χ1n) is 6.13. The van der Waals surface area contributed by atoms with Crippen LogP contribution in [0.3, 0.4) is 0 Å². The Kier molecular flexibility index (Phi) is 6.02. The number of methoxy groups -OCH3 is 1. The number of hydrogen-bond acceptors (Lipinski definition) is 3. The largest absolute Gasteiger partial charge is 0.481 e. The molecule has 1 unspecified atom stereocenters. The summed E-state index contributed by atoms with van der Waals surface area (Å²) in [5.74, 6) is -1.05. The van der Waals surface area contributed by atoms with Crippen LogP contribution in [0.2, 0.25) is 0 Å². The Hall–Kier alpha value is -1.88. The second kappa shape index (κ2) is 7.53. The Morgan fingerprint density at radius 2 is 1.95 bits per heavy atom. The SMILES string of the molecule is COCc1ccc(C(=O)NC(C)CCC(=O)O)cc1. The number of nitrogens with one attached hydrogen (secondary N) is 1. The minimum Gasteiger partial charge on any atom is -0.481 e. The number of carbonyl (C=O) groups excluding carboxylic acids is 1. The molecule has 1 aromatic rings. The van der Waals surface area contributed by atoms with E-state index in [9.17, 15) is 9.59 Å².